The molecule has 9 rings (SSSR count). The minimum absolute atomic E-state index is 0.919. The van der Waals surface area contributed by atoms with Crippen LogP contribution in [0.5, 0.6) is 0 Å². The molecule has 0 amide bonds. The van der Waals surface area contributed by atoms with E-state index < -0.39 is 0 Å². The van der Waals surface area contributed by atoms with Crippen LogP contribution in [0.25, 0.3) is 66.1 Å². The van der Waals surface area contributed by atoms with Crippen LogP contribution in [-0.4, -0.2) is 0 Å². The molecule has 0 fully saturated rings. The van der Waals surface area contributed by atoms with Crippen LogP contribution in [0.1, 0.15) is 5.56 Å². The fraction of sp³-hybridized carbons (Fsp3) is 0.0213. The highest BCUT2D eigenvalue weighted by Crippen LogP contribution is 2.40. The quantitative estimate of drug-likeness (QED) is 0.171. The Balaban J connectivity index is 1.13. The Morgan fingerprint density at radius 2 is 0.959 bits per heavy atom. The third-order valence-corrected chi connectivity index (χ3v) is 9.63. The number of furan rings is 1. The molecular weight excluding hydrogens is 595 g/mol. The van der Waals surface area contributed by atoms with Crippen molar-refractivity contribution in [1.29, 1.82) is 0 Å². The zero-order chi connectivity index (χ0) is 32.7. The minimum atomic E-state index is 0.919. The minimum Gasteiger partial charge on any atom is -0.456 e. The van der Waals surface area contributed by atoms with Crippen LogP contribution < -0.4 is 4.90 Å². The van der Waals surface area contributed by atoms with E-state index in [9.17, 15) is 0 Å². The Labute approximate surface area is 286 Å². The molecular formula is C47H33NO. The van der Waals surface area contributed by atoms with Gasteiger partial charge in [0.2, 0.25) is 0 Å². The van der Waals surface area contributed by atoms with Gasteiger partial charge in [0.25, 0.3) is 0 Å². The van der Waals surface area contributed by atoms with E-state index in [-0.39, 0.29) is 0 Å². The van der Waals surface area contributed by atoms with Crippen molar-refractivity contribution in [2.45, 2.75) is 6.92 Å². The molecule has 0 saturated heterocycles. The zero-order valence-corrected chi connectivity index (χ0v) is 27.2. The molecule has 0 spiro atoms. The van der Waals surface area contributed by atoms with Crippen LogP contribution in [0.2, 0.25) is 0 Å². The molecule has 2 heteroatoms. The Bertz CT molecular complexity index is 2610. The first-order valence-electron chi connectivity index (χ1n) is 16.8. The molecule has 0 radical (unpaired) electrons. The molecule has 49 heavy (non-hydrogen) atoms. The van der Waals surface area contributed by atoms with E-state index in [1.165, 1.54) is 38.2 Å². The van der Waals surface area contributed by atoms with Gasteiger partial charge in [-0.1, -0.05) is 133 Å². The molecule has 0 N–H and O–H groups in total. The van der Waals surface area contributed by atoms with Gasteiger partial charge in [-0.3, -0.25) is 0 Å². The second-order valence-electron chi connectivity index (χ2n) is 12.6. The second-order valence-corrected chi connectivity index (χ2v) is 12.6. The summed E-state index contributed by atoms with van der Waals surface area (Å²) >= 11 is 0. The van der Waals surface area contributed by atoms with Crippen molar-refractivity contribution in [3.8, 4) is 33.6 Å². The van der Waals surface area contributed by atoms with Gasteiger partial charge in [-0.15, -0.1) is 0 Å². The molecule has 2 nitrogen and oxygen atoms in total. The average molecular weight is 628 g/mol. The molecule has 0 aliphatic rings. The summed E-state index contributed by atoms with van der Waals surface area (Å²) in [7, 11) is 0. The number of para-hydroxylation sites is 1. The summed E-state index contributed by atoms with van der Waals surface area (Å²) in [5, 5.41) is 6.16. The Morgan fingerprint density at radius 1 is 0.367 bits per heavy atom. The van der Waals surface area contributed by atoms with Crippen molar-refractivity contribution in [3.63, 3.8) is 0 Å². The summed E-state index contributed by atoms with van der Waals surface area (Å²) in [6.07, 6.45) is 0. The molecule has 0 saturated carbocycles. The number of aryl methyl sites for hydroxylation is 1. The highest BCUT2D eigenvalue weighted by atomic mass is 16.3. The fourth-order valence-electron chi connectivity index (χ4n) is 7.13. The topological polar surface area (TPSA) is 16.4 Å². The summed E-state index contributed by atoms with van der Waals surface area (Å²) in [6, 6.07) is 65.1. The predicted octanol–water partition coefficient (Wildman–Crippen LogP) is 13.5. The molecule has 0 bridgehead atoms. The molecule has 0 aliphatic carbocycles. The van der Waals surface area contributed by atoms with E-state index in [1.807, 2.05) is 12.1 Å². The van der Waals surface area contributed by atoms with Gasteiger partial charge < -0.3 is 9.32 Å². The van der Waals surface area contributed by atoms with Crippen LogP contribution in [-0.2, 0) is 0 Å². The monoisotopic (exact) mass is 627 g/mol. The van der Waals surface area contributed by atoms with Crippen LogP contribution in [0, 0.1) is 6.92 Å². The second kappa shape index (κ2) is 12.0. The number of rotatable bonds is 6. The molecule has 0 atom stereocenters. The lowest BCUT2D eigenvalue weighted by atomic mass is 9.99. The lowest BCUT2D eigenvalue weighted by Gasteiger charge is -2.27. The maximum absolute atomic E-state index is 6.31. The number of nitrogens with zero attached hydrogens (tertiary/aromatic N) is 1. The van der Waals surface area contributed by atoms with Crippen molar-refractivity contribution < 1.29 is 4.42 Å². The van der Waals surface area contributed by atoms with Crippen molar-refractivity contribution in [3.05, 3.63) is 188 Å². The van der Waals surface area contributed by atoms with E-state index in [1.54, 1.807) is 0 Å². The largest absolute Gasteiger partial charge is 0.456 e. The van der Waals surface area contributed by atoms with Crippen LogP contribution in [0.15, 0.2) is 186 Å². The van der Waals surface area contributed by atoms with E-state index >= 15 is 0 Å². The maximum atomic E-state index is 6.31. The smallest absolute Gasteiger partial charge is 0.138 e. The SMILES string of the molecule is Cc1c(-c2cccc(-c3ccc(N(c4cccc(-c5ccccc5)c4)c4ccc5c(ccc6ccccc65)c4)cc3)c2)oc2ccccc12. The third kappa shape index (κ3) is 5.24. The van der Waals surface area contributed by atoms with Gasteiger partial charge in [0.1, 0.15) is 11.3 Å². The number of benzene rings is 8. The summed E-state index contributed by atoms with van der Waals surface area (Å²) in [5.41, 5.74) is 11.2. The zero-order valence-electron chi connectivity index (χ0n) is 27.2. The average Bonchev–Trinajstić information content (AvgIpc) is 3.51. The van der Waals surface area contributed by atoms with Crippen molar-refractivity contribution in [2.75, 3.05) is 4.90 Å². The van der Waals surface area contributed by atoms with Crippen LogP contribution in [0.4, 0.5) is 17.1 Å². The Morgan fingerprint density at radius 3 is 1.80 bits per heavy atom. The van der Waals surface area contributed by atoms with E-state index in [2.05, 4.69) is 182 Å². The van der Waals surface area contributed by atoms with Gasteiger partial charge in [0.05, 0.1) is 0 Å². The van der Waals surface area contributed by atoms with Gasteiger partial charge in [0, 0.05) is 33.6 Å². The first kappa shape index (κ1) is 28.8. The Hall–Kier alpha value is -6.38. The normalized spacial score (nSPS) is 11.4. The first-order valence-corrected chi connectivity index (χ1v) is 16.8. The number of fused-ring (bicyclic) bond motifs is 4. The number of hydrogen-bond acceptors (Lipinski definition) is 2. The van der Waals surface area contributed by atoms with Crippen LogP contribution in [0.3, 0.4) is 0 Å². The molecule has 0 unspecified atom stereocenters. The third-order valence-electron chi connectivity index (χ3n) is 9.63. The summed E-state index contributed by atoms with van der Waals surface area (Å²) < 4.78 is 6.31. The van der Waals surface area contributed by atoms with Crippen molar-refractivity contribution in [2.24, 2.45) is 0 Å². The van der Waals surface area contributed by atoms with Crippen molar-refractivity contribution in [1.82, 2.24) is 0 Å². The van der Waals surface area contributed by atoms with Gasteiger partial charge in [-0.2, -0.15) is 0 Å². The maximum Gasteiger partial charge on any atom is 0.138 e. The number of anilines is 3. The predicted molar refractivity (Wildman–Crippen MR) is 207 cm³/mol. The first-order chi connectivity index (χ1) is 24.2. The van der Waals surface area contributed by atoms with Gasteiger partial charge in [0.15, 0.2) is 0 Å². The van der Waals surface area contributed by atoms with Crippen molar-refractivity contribution >= 4 is 49.6 Å². The summed E-state index contributed by atoms with van der Waals surface area (Å²) in [4.78, 5) is 2.36. The fourth-order valence-corrected chi connectivity index (χ4v) is 7.13. The number of hydrogen-bond donors (Lipinski definition) is 0. The summed E-state index contributed by atoms with van der Waals surface area (Å²) in [6.45, 7) is 2.14. The van der Waals surface area contributed by atoms with Gasteiger partial charge in [-0.05, 0) is 99.3 Å². The highest BCUT2D eigenvalue weighted by Gasteiger charge is 2.16. The van der Waals surface area contributed by atoms with E-state index in [0.717, 1.165) is 50.5 Å². The summed E-state index contributed by atoms with van der Waals surface area (Å²) in [5.74, 6) is 0.924. The highest BCUT2D eigenvalue weighted by molar-refractivity contribution is 6.08. The van der Waals surface area contributed by atoms with Gasteiger partial charge in [-0.25, -0.2) is 0 Å². The molecule has 9 aromatic rings. The molecule has 8 aromatic carbocycles. The molecule has 1 aromatic heterocycles. The standard InChI is InChI=1S/C47H33NO/c1-32-43-18-7-8-20-46(43)49-47(32)39-16-9-14-36(29-39)34-23-25-40(26-24-34)48(41-17-10-15-37(30-41)33-11-3-2-4-12-33)42-27-28-45-38(31-42)22-21-35-13-5-6-19-44(35)45/h2-31H,1H3. The van der Waals surface area contributed by atoms with Crippen LogP contribution >= 0.6 is 0 Å². The Kier molecular flexibility index (Phi) is 7.06. The van der Waals surface area contributed by atoms with E-state index in [0.29, 0.717) is 0 Å². The molecule has 232 valence electrons. The lowest BCUT2D eigenvalue weighted by molar-refractivity contribution is 0.629. The van der Waals surface area contributed by atoms with Gasteiger partial charge >= 0.3 is 0 Å². The molecule has 0 aliphatic heterocycles. The molecule has 1 heterocycles. The lowest BCUT2D eigenvalue weighted by Crippen LogP contribution is -2.10. The van der Waals surface area contributed by atoms with E-state index in [4.69, 9.17) is 4.42 Å².